The maximum absolute atomic E-state index is 12.5. The molecule has 2 atom stereocenters. The summed E-state index contributed by atoms with van der Waals surface area (Å²) in [4.78, 5) is 14.5. The zero-order chi connectivity index (χ0) is 15.5. The first kappa shape index (κ1) is 15.0. The molecular formula is C19H24N2O. The number of nitrogens with one attached hydrogen (secondary N) is 1. The van der Waals surface area contributed by atoms with Crippen molar-refractivity contribution in [1.82, 2.24) is 10.2 Å². The average molecular weight is 296 g/mol. The standard InChI is InChI=1S/C19H24N2O/c1-14-15(2)21(12-11-20-14)19(22)10-8-16-7-9-17-5-3-4-6-18(17)13-16/h3-7,9,13-15,20H,8,10-12H2,1-2H3. The van der Waals surface area contributed by atoms with Crippen LogP contribution in [0.4, 0.5) is 0 Å². The largest absolute Gasteiger partial charge is 0.337 e. The molecule has 1 amide bonds. The highest BCUT2D eigenvalue weighted by Gasteiger charge is 2.27. The van der Waals surface area contributed by atoms with Gasteiger partial charge in [-0.2, -0.15) is 0 Å². The van der Waals surface area contributed by atoms with Crippen LogP contribution < -0.4 is 5.32 Å². The smallest absolute Gasteiger partial charge is 0.223 e. The molecule has 1 fully saturated rings. The third kappa shape index (κ3) is 3.14. The van der Waals surface area contributed by atoms with E-state index in [2.05, 4.69) is 61.6 Å². The summed E-state index contributed by atoms with van der Waals surface area (Å²) in [5, 5.41) is 5.92. The van der Waals surface area contributed by atoms with E-state index in [0.717, 1.165) is 19.5 Å². The second-order valence-corrected chi connectivity index (χ2v) is 6.25. The molecule has 2 aromatic carbocycles. The highest BCUT2D eigenvalue weighted by Crippen LogP contribution is 2.18. The van der Waals surface area contributed by atoms with Gasteiger partial charge in [0.05, 0.1) is 0 Å². The van der Waals surface area contributed by atoms with Gasteiger partial charge in [-0.15, -0.1) is 0 Å². The second-order valence-electron chi connectivity index (χ2n) is 6.25. The van der Waals surface area contributed by atoms with Gasteiger partial charge >= 0.3 is 0 Å². The van der Waals surface area contributed by atoms with Crippen molar-refractivity contribution in [1.29, 1.82) is 0 Å². The fraction of sp³-hybridized carbons (Fsp3) is 0.421. The summed E-state index contributed by atoms with van der Waals surface area (Å²) in [5.74, 6) is 0.272. The first-order valence-corrected chi connectivity index (χ1v) is 8.15. The molecule has 1 aliphatic heterocycles. The Morgan fingerprint density at radius 1 is 1.18 bits per heavy atom. The van der Waals surface area contributed by atoms with Crippen molar-refractivity contribution in [2.45, 2.75) is 38.8 Å². The van der Waals surface area contributed by atoms with E-state index in [0.29, 0.717) is 12.5 Å². The maximum Gasteiger partial charge on any atom is 0.223 e. The van der Waals surface area contributed by atoms with Crippen molar-refractivity contribution in [3.8, 4) is 0 Å². The monoisotopic (exact) mass is 296 g/mol. The molecule has 0 aromatic heterocycles. The SMILES string of the molecule is CC1NCCN(C(=O)CCc2ccc3ccccc3c2)C1C. The summed E-state index contributed by atoms with van der Waals surface area (Å²) in [7, 11) is 0. The third-order valence-electron chi connectivity index (χ3n) is 4.80. The highest BCUT2D eigenvalue weighted by molar-refractivity contribution is 5.83. The van der Waals surface area contributed by atoms with Crippen LogP contribution in [0.1, 0.15) is 25.8 Å². The number of rotatable bonds is 3. The number of amides is 1. The lowest BCUT2D eigenvalue weighted by molar-refractivity contribution is -0.134. The minimum absolute atomic E-state index is 0.272. The molecule has 1 heterocycles. The van der Waals surface area contributed by atoms with Crippen LogP contribution in [0.2, 0.25) is 0 Å². The van der Waals surface area contributed by atoms with Gasteiger partial charge < -0.3 is 10.2 Å². The van der Waals surface area contributed by atoms with Gasteiger partial charge in [-0.3, -0.25) is 4.79 Å². The molecule has 0 bridgehead atoms. The Labute approximate surface area is 132 Å². The van der Waals surface area contributed by atoms with Crippen LogP contribution in [-0.2, 0) is 11.2 Å². The summed E-state index contributed by atoms with van der Waals surface area (Å²) in [6, 6.07) is 15.5. The molecule has 3 rings (SSSR count). The van der Waals surface area contributed by atoms with Gasteiger partial charge in [0.1, 0.15) is 0 Å². The van der Waals surface area contributed by atoms with Crippen molar-refractivity contribution >= 4 is 16.7 Å². The van der Waals surface area contributed by atoms with Crippen LogP contribution in [0.5, 0.6) is 0 Å². The van der Waals surface area contributed by atoms with Gasteiger partial charge in [0.25, 0.3) is 0 Å². The van der Waals surface area contributed by atoms with Crippen LogP contribution in [0, 0.1) is 0 Å². The Hall–Kier alpha value is -1.87. The van der Waals surface area contributed by atoms with Gasteiger partial charge in [0.15, 0.2) is 0 Å². The zero-order valence-electron chi connectivity index (χ0n) is 13.4. The van der Waals surface area contributed by atoms with Crippen molar-refractivity contribution in [3.05, 3.63) is 48.0 Å². The van der Waals surface area contributed by atoms with Crippen molar-refractivity contribution in [3.63, 3.8) is 0 Å². The average Bonchev–Trinajstić information content (AvgIpc) is 2.55. The Bertz CT molecular complexity index is 667. The van der Waals surface area contributed by atoms with Crippen LogP contribution in [-0.4, -0.2) is 36.0 Å². The molecular weight excluding hydrogens is 272 g/mol. The van der Waals surface area contributed by atoms with Gasteiger partial charge in [0, 0.05) is 31.6 Å². The third-order valence-corrected chi connectivity index (χ3v) is 4.80. The quantitative estimate of drug-likeness (QED) is 0.944. The lowest BCUT2D eigenvalue weighted by Gasteiger charge is -2.38. The number of hydrogen-bond donors (Lipinski definition) is 1. The Morgan fingerprint density at radius 3 is 2.77 bits per heavy atom. The minimum atomic E-state index is 0.272. The van der Waals surface area contributed by atoms with E-state index < -0.39 is 0 Å². The highest BCUT2D eigenvalue weighted by atomic mass is 16.2. The summed E-state index contributed by atoms with van der Waals surface area (Å²) in [5.41, 5.74) is 1.24. The van der Waals surface area contributed by atoms with E-state index in [-0.39, 0.29) is 11.9 Å². The van der Waals surface area contributed by atoms with E-state index in [1.807, 2.05) is 4.90 Å². The van der Waals surface area contributed by atoms with Crippen molar-refractivity contribution in [2.24, 2.45) is 0 Å². The van der Waals surface area contributed by atoms with Crippen molar-refractivity contribution in [2.75, 3.05) is 13.1 Å². The number of carbonyl (C=O) groups is 1. The molecule has 2 unspecified atom stereocenters. The Kier molecular flexibility index (Phi) is 4.44. The van der Waals surface area contributed by atoms with Crippen molar-refractivity contribution < 1.29 is 4.79 Å². The number of aryl methyl sites for hydroxylation is 1. The lowest BCUT2D eigenvalue weighted by Crippen LogP contribution is -2.57. The van der Waals surface area contributed by atoms with Gasteiger partial charge in [0.2, 0.25) is 5.91 Å². The first-order valence-electron chi connectivity index (χ1n) is 8.15. The molecule has 1 N–H and O–H groups in total. The number of fused-ring (bicyclic) bond motifs is 1. The normalized spacial score (nSPS) is 22.0. The van der Waals surface area contributed by atoms with Gasteiger partial charge in [-0.1, -0.05) is 42.5 Å². The summed E-state index contributed by atoms with van der Waals surface area (Å²) >= 11 is 0. The van der Waals surface area contributed by atoms with Crippen LogP contribution in [0.25, 0.3) is 10.8 Å². The predicted molar refractivity (Wildman–Crippen MR) is 90.9 cm³/mol. The molecule has 3 heteroatoms. The molecule has 0 aliphatic carbocycles. The van der Waals surface area contributed by atoms with Gasteiger partial charge in [-0.05, 0) is 36.6 Å². The summed E-state index contributed by atoms with van der Waals surface area (Å²) in [6.45, 7) is 5.99. The minimum Gasteiger partial charge on any atom is -0.337 e. The fourth-order valence-electron chi connectivity index (χ4n) is 3.20. The number of nitrogens with zero attached hydrogens (tertiary/aromatic N) is 1. The number of piperazine rings is 1. The molecule has 0 saturated carbocycles. The van der Waals surface area contributed by atoms with Gasteiger partial charge in [-0.25, -0.2) is 0 Å². The molecule has 3 nitrogen and oxygen atoms in total. The Balaban J connectivity index is 1.64. The number of benzene rings is 2. The molecule has 1 aliphatic rings. The fourth-order valence-corrected chi connectivity index (χ4v) is 3.20. The zero-order valence-corrected chi connectivity index (χ0v) is 13.4. The van der Waals surface area contributed by atoms with E-state index in [9.17, 15) is 4.79 Å². The van der Waals surface area contributed by atoms with E-state index in [1.165, 1.54) is 16.3 Å². The summed E-state index contributed by atoms with van der Waals surface area (Å²) < 4.78 is 0. The topological polar surface area (TPSA) is 32.3 Å². The van der Waals surface area contributed by atoms with E-state index in [1.54, 1.807) is 0 Å². The molecule has 2 aromatic rings. The molecule has 1 saturated heterocycles. The van der Waals surface area contributed by atoms with Crippen LogP contribution in [0.3, 0.4) is 0 Å². The Morgan fingerprint density at radius 2 is 1.95 bits per heavy atom. The second kappa shape index (κ2) is 6.49. The molecule has 0 radical (unpaired) electrons. The summed E-state index contributed by atoms with van der Waals surface area (Å²) in [6.07, 6.45) is 1.41. The molecule has 0 spiro atoms. The van der Waals surface area contributed by atoms with Crippen LogP contribution >= 0.6 is 0 Å². The van der Waals surface area contributed by atoms with E-state index >= 15 is 0 Å². The first-order chi connectivity index (χ1) is 10.6. The predicted octanol–water partition coefficient (Wildman–Crippen LogP) is 2.98. The van der Waals surface area contributed by atoms with Crippen LogP contribution in [0.15, 0.2) is 42.5 Å². The number of carbonyl (C=O) groups excluding carboxylic acids is 1. The molecule has 116 valence electrons. The van der Waals surface area contributed by atoms with E-state index in [4.69, 9.17) is 0 Å². The molecule has 22 heavy (non-hydrogen) atoms. The number of hydrogen-bond acceptors (Lipinski definition) is 2. The lowest BCUT2D eigenvalue weighted by atomic mass is 10.0. The maximum atomic E-state index is 12.5.